The maximum absolute atomic E-state index is 12.9. The Morgan fingerprint density at radius 2 is 1.00 bits per heavy atom. The van der Waals surface area contributed by atoms with Crippen LogP contribution in [-0.2, 0) is 18.9 Å². The normalized spacial score (nSPS) is 20.8. The van der Waals surface area contributed by atoms with Crippen molar-refractivity contribution >= 4 is 64.3 Å². The molecule has 0 N–H and O–H groups in total. The molecule has 0 spiro atoms. The van der Waals surface area contributed by atoms with E-state index in [0.29, 0.717) is 15.1 Å². The van der Waals surface area contributed by atoms with Gasteiger partial charge in [-0.3, -0.25) is 0 Å². The highest BCUT2D eigenvalue weighted by molar-refractivity contribution is 6.31. The van der Waals surface area contributed by atoms with E-state index in [1.54, 1.807) is 12.1 Å². The summed E-state index contributed by atoms with van der Waals surface area (Å²) in [7, 11) is 0. The van der Waals surface area contributed by atoms with Gasteiger partial charge in [-0.25, -0.2) is 14.4 Å². The monoisotopic (exact) mass is 582 g/mol. The predicted molar refractivity (Wildman–Crippen MR) is 138 cm³/mol. The van der Waals surface area contributed by atoms with Crippen molar-refractivity contribution in [2.45, 2.75) is 23.9 Å². The molecule has 4 rings (SSSR count). The average Bonchev–Trinajstić information content (AvgIpc) is 3.17. The van der Waals surface area contributed by atoms with Crippen LogP contribution in [-0.4, -0.2) is 48.4 Å². The molecule has 7 nitrogen and oxygen atoms in total. The minimum absolute atomic E-state index is 0.196. The first-order chi connectivity index (χ1) is 17.7. The standard InChI is InChI=1S/C26H18Cl4O7/c27-17-7-1-14(2-8-17)24(31)34-13-20-21(36-25(32)15-3-9-18(28)10-4-15)22(23(30)35-20)37-26(33)16-5-11-19(29)12-6-16/h1-12,20-23H,13H2/t20-,21?,22?,23+/m1/s1. The second-order valence-electron chi connectivity index (χ2n) is 7.88. The lowest BCUT2D eigenvalue weighted by molar-refractivity contribution is -0.0435. The third-order valence-corrected chi connectivity index (χ3v) is 6.47. The average molecular weight is 584 g/mol. The van der Waals surface area contributed by atoms with E-state index in [1.165, 1.54) is 60.7 Å². The van der Waals surface area contributed by atoms with E-state index in [4.69, 9.17) is 65.4 Å². The van der Waals surface area contributed by atoms with Crippen molar-refractivity contribution in [2.75, 3.05) is 6.61 Å². The van der Waals surface area contributed by atoms with E-state index >= 15 is 0 Å². The van der Waals surface area contributed by atoms with Crippen molar-refractivity contribution in [1.82, 2.24) is 0 Å². The number of alkyl halides is 1. The zero-order chi connectivity index (χ0) is 26.5. The van der Waals surface area contributed by atoms with Gasteiger partial charge in [-0.2, -0.15) is 0 Å². The van der Waals surface area contributed by atoms with E-state index in [9.17, 15) is 14.4 Å². The fraction of sp³-hybridized carbons (Fsp3) is 0.192. The smallest absolute Gasteiger partial charge is 0.338 e. The Labute approximate surface area is 232 Å². The van der Waals surface area contributed by atoms with Gasteiger partial charge in [-0.1, -0.05) is 46.4 Å². The number of rotatable bonds is 7. The molecule has 0 aliphatic carbocycles. The molecule has 11 heteroatoms. The fourth-order valence-corrected chi connectivity index (χ4v) is 4.17. The number of hydrogen-bond donors (Lipinski definition) is 0. The molecule has 3 aromatic rings. The summed E-state index contributed by atoms with van der Waals surface area (Å²) in [6.45, 7) is -0.335. The maximum Gasteiger partial charge on any atom is 0.338 e. The highest BCUT2D eigenvalue weighted by Gasteiger charge is 2.49. The van der Waals surface area contributed by atoms with Crippen LogP contribution in [0, 0.1) is 0 Å². The highest BCUT2D eigenvalue weighted by Crippen LogP contribution is 2.31. The first-order valence-corrected chi connectivity index (χ1v) is 12.4. The van der Waals surface area contributed by atoms with Gasteiger partial charge in [0.05, 0.1) is 16.7 Å². The first kappa shape index (κ1) is 27.2. The van der Waals surface area contributed by atoms with Gasteiger partial charge in [-0.15, -0.1) is 0 Å². The van der Waals surface area contributed by atoms with Crippen molar-refractivity contribution in [3.05, 3.63) is 105 Å². The van der Waals surface area contributed by atoms with Crippen LogP contribution in [0.4, 0.5) is 0 Å². The molecule has 192 valence electrons. The fourth-order valence-electron chi connectivity index (χ4n) is 3.46. The van der Waals surface area contributed by atoms with E-state index in [-0.39, 0.29) is 23.3 Å². The molecule has 1 saturated heterocycles. The molecular weight excluding hydrogens is 566 g/mol. The zero-order valence-corrected chi connectivity index (χ0v) is 21.8. The molecular formula is C26H18Cl4O7. The van der Waals surface area contributed by atoms with Gasteiger partial charge in [-0.05, 0) is 72.8 Å². The molecule has 0 saturated carbocycles. The molecule has 2 unspecified atom stereocenters. The minimum atomic E-state index is -1.21. The molecule has 0 aromatic heterocycles. The summed E-state index contributed by atoms with van der Waals surface area (Å²) in [6, 6.07) is 18.1. The van der Waals surface area contributed by atoms with Gasteiger partial charge < -0.3 is 18.9 Å². The topological polar surface area (TPSA) is 88.1 Å². The summed E-state index contributed by atoms with van der Waals surface area (Å²) >= 11 is 24.0. The van der Waals surface area contributed by atoms with E-state index in [0.717, 1.165) is 0 Å². The predicted octanol–water partition coefficient (Wildman–Crippen LogP) is 6.22. The molecule has 1 aliphatic heterocycles. The van der Waals surface area contributed by atoms with Crippen LogP contribution >= 0.6 is 46.4 Å². The third kappa shape index (κ3) is 6.94. The number of hydrogen-bond acceptors (Lipinski definition) is 7. The van der Waals surface area contributed by atoms with Gasteiger partial charge in [0.15, 0.2) is 17.8 Å². The molecule has 0 radical (unpaired) electrons. The van der Waals surface area contributed by atoms with Gasteiger partial charge in [0.1, 0.15) is 12.7 Å². The lowest BCUT2D eigenvalue weighted by Crippen LogP contribution is -2.41. The largest absolute Gasteiger partial charge is 0.459 e. The van der Waals surface area contributed by atoms with Crippen LogP contribution in [0.25, 0.3) is 0 Å². The Morgan fingerprint density at radius 3 is 1.43 bits per heavy atom. The first-order valence-electron chi connectivity index (χ1n) is 10.9. The molecule has 4 atom stereocenters. The molecule has 1 heterocycles. The Bertz CT molecular complexity index is 1260. The number of esters is 3. The Balaban J connectivity index is 1.52. The third-order valence-electron chi connectivity index (χ3n) is 5.36. The zero-order valence-electron chi connectivity index (χ0n) is 18.8. The highest BCUT2D eigenvalue weighted by atomic mass is 35.5. The molecule has 0 amide bonds. The second kappa shape index (κ2) is 12.2. The number of carbonyl (C=O) groups is 3. The molecule has 1 fully saturated rings. The Kier molecular flexibility index (Phi) is 8.95. The van der Waals surface area contributed by atoms with Gasteiger partial charge in [0, 0.05) is 15.1 Å². The van der Waals surface area contributed by atoms with Gasteiger partial charge in [0.25, 0.3) is 0 Å². The number of ether oxygens (including phenoxy) is 4. The quantitative estimate of drug-likeness (QED) is 0.185. The van der Waals surface area contributed by atoms with Crippen LogP contribution in [0.2, 0.25) is 15.1 Å². The second-order valence-corrected chi connectivity index (χ2v) is 9.62. The summed E-state index contributed by atoms with van der Waals surface area (Å²) in [4.78, 5) is 38.1. The van der Waals surface area contributed by atoms with Crippen LogP contribution in [0.1, 0.15) is 31.1 Å². The molecule has 0 bridgehead atoms. The van der Waals surface area contributed by atoms with Crippen LogP contribution in [0.5, 0.6) is 0 Å². The van der Waals surface area contributed by atoms with Gasteiger partial charge >= 0.3 is 17.9 Å². The SMILES string of the molecule is O=C(OC[C@H]1O[C@H](Cl)C(OC(=O)c2ccc(Cl)cc2)C1OC(=O)c1ccc(Cl)cc1)c1ccc(Cl)cc1. The van der Waals surface area contributed by atoms with Crippen molar-refractivity contribution in [3.63, 3.8) is 0 Å². The summed E-state index contributed by atoms with van der Waals surface area (Å²) < 4.78 is 22.2. The van der Waals surface area contributed by atoms with E-state index in [2.05, 4.69) is 0 Å². The van der Waals surface area contributed by atoms with Crippen molar-refractivity contribution in [3.8, 4) is 0 Å². The number of benzene rings is 3. The van der Waals surface area contributed by atoms with Crippen LogP contribution in [0.15, 0.2) is 72.8 Å². The minimum Gasteiger partial charge on any atom is -0.459 e. The van der Waals surface area contributed by atoms with Crippen LogP contribution in [0.3, 0.4) is 0 Å². The number of carbonyl (C=O) groups excluding carboxylic acids is 3. The molecule has 3 aromatic carbocycles. The summed E-state index contributed by atoms with van der Waals surface area (Å²) in [5.41, 5.74) is -0.542. The van der Waals surface area contributed by atoms with E-state index < -0.39 is 41.8 Å². The Morgan fingerprint density at radius 1 is 0.622 bits per heavy atom. The van der Waals surface area contributed by atoms with Gasteiger partial charge in [0.2, 0.25) is 0 Å². The lowest BCUT2D eigenvalue weighted by atomic mass is 10.1. The van der Waals surface area contributed by atoms with Crippen LogP contribution < -0.4 is 0 Å². The van der Waals surface area contributed by atoms with Crippen molar-refractivity contribution < 1.29 is 33.3 Å². The summed E-state index contributed by atoms with van der Waals surface area (Å²) in [5, 5.41) is 1.33. The van der Waals surface area contributed by atoms with E-state index in [1.807, 2.05) is 0 Å². The number of halogens is 4. The maximum atomic E-state index is 12.9. The molecule has 37 heavy (non-hydrogen) atoms. The van der Waals surface area contributed by atoms with Crippen molar-refractivity contribution in [2.24, 2.45) is 0 Å². The summed E-state index contributed by atoms with van der Waals surface area (Å²) in [6.07, 6.45) is -3.43. The lowest BCUT2D eigenvalue weighted by Gasteiger charge is -2.23. The Hall–Kier alpha value is -2.81. The molecule has 1 aliphatic rings. The summed E-state index contributed by atoms with van der Waals surface area (Å²) in [5.74, 6) is -2.13. The van der Waals surface area contributed by atoms with Crippen molar-refractivity contribution in [1.29, 1.82) is 0 Å².